The average molecular weight is 320 g/mol. The lowest BCUT2D eigenvalue weighted by molar-refractivity contribution is 0.545. The molecule has 2 aromatic rings. The summed E-state index contributed by atoms with van der Waals surface area (Å²) in [5.74, 6) is -2.99. The molecule has 0 aliphatic rings. The van der Waals surface area contributed by atoms with Crippen molar-refractivity contribution in [1.82, 2.24) is 0 Å². The Morgan fingerprint density at radius 3 is 2.20 bits per heavy atom. The second kappa shape index (κ2) is 5.94. The van der Waals surface area contributed by atoms with Gasteiger partial charge in [0, 0.05) is 22.2 Å². The summed E-state index contributed by atoms with van der Waals surface area (Å²) in [4.78, 5) is 0. The Kier molecular flexibility index (Phi) is 4.45. The standard InChI is InChI=1S/C14H10Cl2F3N/c1-7(10-4-8(15)2-3-11(10)16)20-14-12(18)5-9(17)6-13(14)19/h2-7,20H,1H3. The molecular weight excluding hydrogens is 310 g/mol. The van der Waals surface area contributed by atoms with Crippen molar-refractivity contribution in [3.63, 3.8) is 0 Å². The van der Waals surface area contributed by atoms with Crippen LogP contribution >= 0.6 is 23.2 Å². The van der Waals surface area contributed by atoms with Crippen molar-refractivity contribution in [3.05, 3.63) is 63.4 Å². The second-order valence-corrected chi connectivity index (χ2v) is 5.12. The van der Waals surface area contributed by atoms with Crippen LogP contribution in [0.2, 0.25) is 10.0 Å². The highest BCUT2D eigenvalue weighted by molar-refractivity contribution is 6.33. The molecule has 1 atom stereocenters. The van der Waals surface area contributed by atoms with E-state index in [0.29, 0.717) is 27.7 Å². The molecule has 106 valence electrons. The third kappa shape index (κ3) is 3.19. The molecule has 0 bridgehead atoms. The first-order valence-electron chi connectivity index (χ1n) is 5.74. The van der Waals surface area contributed by atoms with E-state index in [-0.39, 0.29) is 0 Å². The van der Waals surface area contributed by atoms with E-state index < -0.39 is 29.2 Å². The first kappa shape index (κ1) is 15.0. The molecule has 0 amide bonds. The SMILES string of the molecule is CC(Nc1c(F)cc(F)cc1F)c1cc(Cl)ccc1Cl. The van der Waals surface area contributed by atoms with Crippen molar-refractivity contribution in [2.24, 2.45) is 0 Å². The Hall–Kier alpha value is -1.39. The predicted octanol–water partition coefficient (Wildman–Crippen LogP) is 5.58. The van der Waals surface area contributed by atoms with E-state index in [1.807, 2.05) is 0 Å². The zero-order chi connectivity index (χ0) is 14.9. The molecule has 20 heavy (non-hydrogen) atoms. The molecular formula is C14H10Cl2F3N. The van der Waals surface area contributed by atoms with Gasteiger partial charge in [0.25, 0.3) is 0 Å². The highest BCUT2D eigenvalue weighted by Gasteiger charge is 2.16. The number of nitrogens with one attached hydrogen (secondary N) is 1. The summed E-state index contributed by atoms with van der Waals surface area (Å²) in [6.07, 6.45) is 0. The zero-order valence-electron chi connectivity index (χ0n) is 10.4. The quantitative estimate of drug-likeness (QED) is 0.778. The van der Waals surface area contributed by atoms with E-state index in [9.17, 15) is 13.2 Å². The molecule has 0 aliphatic heterocycles. The van der Waals surface area contributed by atoms with Gasteiger partial charge in [-0.15, -0.1) is 0 Å². The third-order valence-electron chi connectivity index (χ3n) is 2.79. The maximum atomic E-state index is 13.6. The monoisotopic (exact) mass is 319 g/mol. The summed E-state index contributed by atoms with van der Waals surface area (Å²) in [5.41, 5.74) is 0.178. The van der Waals surface area contributed by atoms with Crippen molar-refractivity contribution in [3.8, 4) is 0 Å². The van der Waals surface area contributed by atoms with Crippen LogP contribution in [0, 0.1) is 17.5 Å². The fourth-order valence-corrected chi connectivity index (χ4v) is 2.28. The van der Waals surface area contributed by atoms with E-state index in [4.69, 9.17) is 23.2 Å². The Morgan fingerprint density at radius 1 is 1.00 bits per heavy atom. The van der Waals surface area contributed by atoms with Gasteiger partial charge in [0.1, 0.15) is 11.5 Å². The maximum absolute atomic E-state index is 13.6. The minimum atomic E-state index is -1.01. The van der Waals surface area contributed by atoms with E-state index in [0.717, 1.165) is 0 Å². The van der Waals surface area contributed by atoms with Crippen molar-refractivity contribution >= 4 is 28.9 Å². The minimum absolute atomic E-state index is 0.407. The average Bonchev–Trinajstić information content (AvgIpc) is 2.36. The first-order chi connectivity index (χ1) is 9.38. The lowest BCUT2D eigenvalue weighted by Crippen LogP contribution is -2.10. The molecule has 0 aliphatic carbocycles. The van der Waals surface area contributed by atoms with Gasteiger partial charge in [-0.2, -0.15) is 0 Å². The van der Waals surface area contributed by atoms with Crippen molar-refractivity contribution in [2.75, 3.05) is 5.32 Å². The Bertz CT molecular complexity index is 623. The van der Waals surface area contributed by atoms with Crippen LogP contribution in [0.3, 0.4) is 0 Å². The summed E-state index contributed by atoms with van der Waals surface area (Å²) in [7, 11) is 0. The molecule has 6 heteroatoms. The summed E-state index contributed by atoms with van der Waals surface area (Å²) < 4.78 is 40.0. The van der Waals surface area contributed by atoms with Gasteiger partial charge >= 0.3 is 0 Å². The molecule has 0 spiro atoms. The van der Waals surface area contributed by atoms with Crippen LogP contribution in [0.1, 0.15) is 18.5 Å². The topological polar surface area (TPSA) is 12.0 Å². The van der Waals surface area contributed by atoms with Gasteiger partial charge in [-0.3, -0.25) is 0 Å². The predicted molar refractivity (Wildman–Crippen MR) is 74.8 cm³/mol. The molecule has 0 aromatic heterocycles. The summed E-state index contributed by atoms with van der Waals surface area (Å²) in [5, 5.41) is 3.50. The Labute approximate surface area is 124 Å². The molecule has 0 saturated carbocycles. The van der Waals surface area contributed by atoms with E-state index in [1.54, 1.807) is 25.1 Å². The van der Waals surface area contributed by atoms with E-state index >= 15 is 0 Å². The molecule has 0 fully saturated rings. The zero-order valence-corrected chi connectivity index (χ0v) is 11.9. The highest BCUT2D eigenvalue weighted by Crippen LogP contribution is 2.30. The number of rotatable bonds is 3. The first-order valence-corrected chi connectivity index (χ1v) is 6.50. The second-order valence-electron chi connectivity index (χ2n) is 4.28. The van der Waals surface area contributed by atoms with Gasteiger partial charge in [0.05, 0.1) is 6.04 Å². The molecule has 1 nitrogen and oxygen atoms in total. The van der Waals surface area contributed by atoms with Crippen LogP contribution in [0.15, 0.2) is 30.3 Å². The number of hydrogen-bond donors (Lipinski definition) is 1. The number of hydrogen-bond acceptors (Lipinski definition) is 1. The fraction of sp³-hybridized carbons (Fsp3) is 0.143. The van der Waals surface area contributed by atoms with Gasteiger partial charge in [0.2, 0.25) is 0 Å². The molecule has 0 saturated heterocycles. The molecule has 2 rings (SSSR count). The number of anilines is 1. The van der Waals surface area contributed by atoms with Crippen LogP contribution in [-0.4, -0.2) is 0 Å². The molecule has 2 aromatic carbocycles. The summed E-state index contributed by atoms with van der Waals surface area (Å²) in [6, 6.07) is 5.51. The molecule has 1 N–H and O–H groups in total. The van der Waals surface area contributed by atoms with Crippen LogP contribution in [-0.2, 0) is 0 Å². The molecule has 1 unspecified atom stereocenters. The lowest BCUT2D eigenvalue weighted by atomic mass is 10.1. The third-order valence-corrected chi connectivity index (χ3v) is 3.37. The van der Waals surface area contributed by atoms with Gasteiger partial charge in [-0.05, 0) is 30.7 Å². The normalized spacial score (nSPS) is 12.3. The maximum Gasteiger partial charge on any atom is 0.152 e. The summed E-state index contributed by atoms with van der Waals surface area (Å²) >= 11 is 11.9. The van der Waals surface area contributed by atoms with Crippen molar-refractivity contribution in [1.29, 1.82) is 0 Å². The van der Waals surface area contributed by atoms with Crippen LogP contribution in [0.5, 0.6) is 0 Å². The van der Waals surface area contributed by atoms with Gasteiger partial charge in [-0.1, -0.05) is 23.2 Å². The molecule has 0 radical (unpaired) electrons. The minimum Gasteiger partial charge on any atom is -0.374 e. The van der Waals surface area contributed by atoms with E-state index in [1.165, 1.54) is 0 Å². The van der Waals surface area contributed by atoms with Crippen molar-refractivity contribution < 1.29 is 13.2 Å². The number of halogens is 5. The van der Waals surface area contributed by atoms with Crippen LogP contribution in [0.4, 0.5) is 18.9 Å². The van der Waals surface area contributed by atoms with E-state index in [2.05, 4.69) is 5.32 Å². The number of benzene rings is 2. The highest BCUT2D eigenvalue weighted by atomic mass is 35.5. The fourth-order valence-electron chi connectivity index (χ4n) is 1.82. The molecule has 0 heterocycles. The van der Waals surface area contributed by atoms with Gasteiger partial charge < -0.3 is 5.32 Å². The van der Waals surface area contributed by atoms with Crippen molar-refractivity contribution in [2.45, 2.75) is 13.0 Å². The lowest BCUT2D eigenvalue weighted by Gasteiger charge is -2.18. The summed E-state index contributed by atoms with van der Waals surface area (Å²) in [6.45, 7) is 1.67. The van der Waals surface area contributed by atoms with Gasteiger partial charge in [-0.25, -0.2) is 13.2 Å². The Morgan fingerprint density at radius 2 is 1.60 bits per heavy atom. The van der Waals surface area contributed by atoms with Gasteiger partial charge in [0.15, 0.2) is 11.6 Å². The van der Waals surface area contributed by atoms with Crippen LogP contribution in [0.25, 0.3) is 0 Å². The van der Waals surface area contributed by atoms with Crippen LogP contribution < -0.4 is 5.32 Å². The Balaban J connectivity index is 2.32. The largest absolute Gasteiger partial charge is 0.374 e. The smallest absolute Gasteiger partial charge is 0.152 e.